The van der Waals surface area contributed by atoms with Gasteiger partial charge in [-0.25, -0.2) is 4.79 Å². The zero-order valence-corrected chi connectivity index (χ0v) is 7.60. The van der Waals surface area contributed by atoms with E-state index in [1.807, 2.05) is 0 Å². The molecule has 2 rings (SSSR count). The van der Waals surface area contributed by atoms with Gasteiger partial charge in [-0.1, -0.05) is 0 Å². The molecule has 0 saturated heterocycles. The van der Waals surface area contributed by atoms with E-state index in [4.69, 9.17) is 5.11 Å². The lowest BCUT2D eigenvalue weighted by Gasteiger charge is -2.36. The molecule has 1 fully saturated rings. The van der Waals surface area contributed by atoms with Gasteiger partial charge in [0.15, 0.2) is 0 Å². The Kier molecular flexibility index (Phi) is 2.00. The monoisotopic (exact) mass is 193 g/mol. The normalized spacial score (nSPS) is 18.6. The molecule has 0 radical (unpaired) electrons. The predicted octanol–water partition coefficient (Wildman–Crippen LogP) is 1.15. The number of nitrogens with zero attached hydrogens (tertiary/aromatic N) is 1. The van der Waals surface area contributed by atoms with Crippen LogP contribution in [0.3, 0.4) is 0 Å². The van der Waals surface area contributed by atoms with Gasteiger partial charge in [0.05, 0.1) is 11.2 Å². The molecule has 0 spiro atoms. The van der Waals surface area contributed by atoms with E-state index in [0.717, 1.165) is 6.42 Å². The maximum Gasteiger partial charge on any atom is 0.337 e. The van der Waals surface area contributed by atoms with Crippen LogP contribution in [-0.4, -0.2) is 21.2 Å². The molecule has 1 aliphatic rings. The van der Waals surface area contributed by atoms with E-state index >= 15 is 0 Å². The van der Waals surface area contributed by atoms with Crippen molar-refractivity contribution in [1.29, 1.82) is 0 Å². The van der Waals surface area contributed by atoms with E-state index in [9.17, 15) is 9.90 Å². The summed E-state index contributed by atoms with van der Waals surface area (Å²) < 4.78 is 0. The van der Waals surface area contributed by atoms with Crippen LogP contribution in [0.4, 0.5) is 0 Å². The summed E-state index contributed by atoms with van der Waals surface area (Å²) in [5.41, 5.74) is -0.0928. The summed E-state index contributed by atoms with van der Waals surface area (Å²) in [5.74, 6) is -1.01. The highest BCUT2D eigenvalue weighted by Crippen LogP contribution is 2.40. The highest BCUT2D eigenvalue weighted by atomic mass is 16.4. The Morgan fingerprint density at radius 2 is 2.14 bits per heavy atom. The van der Waals surface area contributed by atoms with Crippen molar-refractivity contribution >= 4 is 5.97 Å². The van der Waals surface area contributed by atoms with Crippen molar-refractivity contribution in [3.8, 4) is 0 Å². The third-order valence-electron chi connectivity index (χ3n) is 2.70. The molecule has 0 aliphatic heterocycles. The van der Waals surface area contributed by atoms with Crippen molar-refractivity contribution < 1.29 is 15.0 Å². The first-order chi connectivity index (χ1) is 6.62. The van der Waals surface area contributed by atoms with Crippen LogP contribution >= 0.6 is 0 Å². The Balaban J connectivity index is 2.35. The van der Waals surface area contributed by atoms with Crippen molar-refractivity contribution in [2.24, 2.45) is 0 Å². The molecule has 4 nitrogen and oxygen atoms in total. The second-order valence-corrected chi connectivity index (χ2v) is 3.65. The van der Waals surface area contributed by atoms with Gasteiger partial charge in [0.25, 0.3) is 0 Å². The third-order valence-corrected chi connectivity index (χ3v) is 2.70. The van der Waals surface area contributed by atoms with E-state index in [0.29, 0.717) is 18.4 Å². The molecule has 14 heavy (non-hydrogen) atoms. The molecule has 0 bridgehead atoms. The molecule has 0 amide bonds. The zero-order valence-electron chi connectivity index (χ0n) is 7.60. The average Bonchev–Trinajstić information content (AvgIpc) is 2.14. The van der Waals surface area contributed by atoms with Crippen molar-refractivity contribution in [2.75, 3.05) is 0 Å². The van der Waals surface area contributed by atoms with Gasteiger partial charge in [-0.3, -0.25) is 4.98 Å². The fraction of sp³-hybridized carbons (Fsp3) is 0.400. The highest BCUT2D eigenvalue weighted by Gasteiger charge is 2.36. The van der Waals surface area contributed by atoms with Gasteiger partial charge >= 0.3 is 5.97 Å². The first-order valence-electron chi connectivity index (χ1n) is 4.53. The number of hydrogen-bond acceptors (Lipinski definition) is 3. The maximum absolute atomic E-state index is 10.7. The molecule has 2 N–H and O–H groups in total. The molecule has 4 heteroatoms. The Morgan fingerprint density at radius 3 is 2.64 bits per heavy atom. The third kappa shape index (κ3) is 1.37. The fourth-order valence-electron chi connectivity index (χ4n) is 1.61. The van der Waals surface area contributed by atoms with Crippen LogP contribution in [0.25, 0.3) is 0 Å². The molecular weight excluding hydrogens is 182 g/mol. The lowest BCUT2D eigenvalue weighted by atomic mass is 9.75. The van der Waals surface area contributed by atoms with Gasteiger partial charge < -0.3 is 10.2 Å². The number of hydrogen-bond donors (Lipinski definition) is 2. The highest BCUT2D eigenvalue weighted by molar-refractivity contribution is 5.87. The summed E-state index contributed by atoms with van der Waals surface area (Å²) in [6, 6.07) is 1.49. The predicted molar refractivity (Wildman–Crippen MR) is 48.9 cm³/mol. The van der Waals surface area contributed by atoms with Crippen LogP contribution in [0, 0.1) is 0 Å². The lowest BCUT2D eigenvalue weighted by molar-refractivity contribution is -0.0391. The van der Waals surface area contributed by atoms with Crippen LogP contribution in [-0.2, 0) is 5.60 Å². The summed E-state index contributed by atoms with van der Waals surface area (Å²) >= 11 is 0. The number of aromatic carboxylic acids is 1. The van der Waals surface area contributed by atoms with Crippen LogP contribution in [0.1, 0.15) is 35.2 Å². The molecule has 1 aliphatic carbocycles. The van der Waals surface area contributed by atoms with Gasteiger partial charge in [0.2, 0.25) is 0 Å². The molecule has 0 aromatic carbocycles. The van der Waals surface area contributed by atoms with Crippen LogP contribution < -0.4 is 0 Å². The van der Waals surface area contributed by atoms with Gasteiger partial charge in [-0.15, -0.1) is 0 Å². The van der Waals surface area contributed by atoms with E-state index in [1.165, 1.54) is 18.5 Å². The Hall–Kier alpha value is -1.42. The quantitative estimate of drug-likeness (QED) is 0.739. The summed E-state index contributed by atoms with van der Waals surface area (Å²) in [4.78, 5) is 14.5. The Labute approximate surface area is 81.2 Å². The van der Waals surface area contributed by atoms with Gasteiger partial charge in [0.1, 0.15) is 0 Å². The number of carbonyl (C=O) groups is 1. The topological polar surface area (TPSA) is 70.4 Å². The van der Waals surface area contributed by atoms with Gasteiger partial charge in [0, 0.05) is 18.0 Å². The number of aromatic nitrogens is 1. The number of aliphatic hydroxyl groups is 1. The van der Waals surface area contributed by atoms with Gasteiger partial charge in [-0.05, 0) is 25.3 Å². The molecule has 1 aromatic heterocycles. The molecular formula is C10H11NO3. The van der Waals surface area contributed by atoms with E-state index < -0.39 is 11.6 Å². The first-order valence-corrected chi connectivity index (χ1v) is 4.53. The molecule has 74 valence electrons. The minimum atomic E-state index is -1.01. The van der Waals surface area contributed by atoms with Crippen LogP contribution in [0.5, 0.6) is 0 Å². The minimum absolute atomic E-state index is 0.128. The number of rotatable bonds is 2. The van der Waals surface area contributed by atoms with E-state index in [1.54, 1.807) is 0 Å². The van der Waals surface area contributed by atoms with Crippen molar-refractivity contribution in [2.45, 2.75) is 24.9 Å². The molecule has 0 unspecified atom stereocenters. The average molecular weight is 193 g/mol. The molecule has 1 heterocycles. The summed E-state index contributed by atoms with van der Waals surface area (Å²) in [7, 11) is 0. The fourth-order valence-corrected chi connectivity index (χ4v) is 1.61. The van der Waals surface area contributed by atoms with Crippen LogP contribution in [0.2, 0.25) is 0 Å². The molecule has 1 aromatic rings. The molecule has 0 atom stereocenters. The van der Waals surface area contributed by atoms with E-state index in [2.05, 4.69) is 4.98 Å². The minimum Gasteiger partial charge on any atom is -0.478 e. The smallest absolute Gasteiger partial charge is 0.337 e. The van der Waals surface area contributed by atoms with Gasteiger partial charge in [-0.2, -0.15) is 0 Å². The zero-order chi connectivity index (χ0) is 10.2. The largest absolute Gasteiger partial charge is 0.478 e. The van der Waals surface area contributed by atoms with E-state index in [-0.39, 0.29) is 5.56 Å². The number of pyridine rings is 1. The molecule has 1 saturated carbocycles. The summed E-state index contributed by atoms with van der Waals surface area (Å²) in [5, 5.41) is 18.7. The summed E-state index contributed by atoms with van der Waals surface area (Å²) in [6.45, 7) is 0. The number of carboxylic acid groups (broad SMARTS) is 1. The second kappa shape index (κ2) is 3.06. The van der Waals surface area contributed by atoms with Crippen molar-refractivity contribution in [1.82, 2.24) is 4.98 Å². The summed E-state index contributed by atoms with van der Waals surface area (Å²) in [6.07, 6.45) is 5.18. The Morgan fingerprint density at radius 1 is 1.43 bits per heavy atom. The van der Waals surface area contributed by atoms with Crippen molar-refractivity contribution in [3.63, 3.8) is 0 Å². The lowest BCUT2D eigenvalue weighted by Crippen LogP contribution is -2.33. The Bertz CT molecular complexity index is 371. The standard InChI is InChI=1S/C10H11NO3/c12-9(13)7-4-8(6-11-5-7)10(14)2-1-3-10/h4-6,14H,1-3H2,(H,12,13). The maximum atomic E-state index is 10.7. The van der Waals surface area contributed by atoms with Crippen molar-refractivity contribution in [3.05, 3.63) is 29.6 Å². The SMILES string of the molecule is O=C(O)c1cncc(C2(O)CCC2)c1. The first kappa shape index (κ1) is 9.15. The van der Waals surface area contributed by atoms with Crippen LogP contribution in [0.15, 0.2) is 18.5 Å². The number of carboxylic acids is 1. The second-order valence-electron chi connectivity index (χ2n) is 3.65.